The minimum Gasteiger partial charge on any atom is -0.435 e. The van der Waals surface area contributed by atoms with Gasteiger partial charge in [0.25, 0.3) is 5.91 Å². The quantitative estimate of drug-likeness (QED) is 0.448. The number of thiophene rings is 1. The summed E-state index contributed by atoms with van der Waals surface area (Å²) in [5.74, 6) is -0.262. The Morgan fingerprint density at radius 3 is 2.91 bits per heavy atom. The molecule has 0 unspecified atom stereocenters. The molecule has 4 aromatic rings. The highest BCUT2D eigenvalue weighted by atomic mass is 32.1. The molecule has 1 amide bonds. The van der Waals surface area contributed by atoms with Crippen LogP contribution in [0.2, 0.25) is 0 Å². The summed E-state index contributed by atoms with van der Waals surface area (Å²) in [5.41, 5.74) is 2.31. The van der Waals surface area contributed by atoms with Gasteiger partial charge in [-0.3, -0.25) is 4.79 Å². The maximum absolute atomic E-state index is 15.0. The van der Waals surface area contributed by atoms with Crippen LogP contribution < -0.4 is 10.1 Å². The van der Waals surface area contributed by atoms with Gasteiger partial charge in [-0.1, -0.05) is 0 Å². The van der Waals surface area contributed by atoms with Crippen molar-refractivity contribution in [2.24, 2.45) is 0 Å². The van der Waals surface area contributed by atoms with E-state index in [4.69, 9.17) is 4.74 Å². The number of halogens is 1. The highest BCUT2D eigenvalue weighted by Gasteiger charge is 2.22. The Bertz CT molecular complexity index is 1310. The Morgan fingerprint density at radius 2 is 2.09 bits per heavy atom. The Morgan fingerprint density at radius 1 is 1.28 bits per heavy atom. The van der Waals surface area contributed by atoms with Crippen LogP contribution >= 0.6 is 11.3 Å². The number of rotatable bonds is 6. The molecule has 0 aliphatic carbocycles. The van der Waals surface area contributed by atoms with E-state index in [9.17, 15) is 4.79 Å². The average molecular weight is 454 g/mol. The van der Waals surface area contributed by atoms with Crippen LogP contribution in [-0.2, 0) is 0 Å². The summed E-state index contributed by atoms with van der Waals surface area (Å²) < 4.78 is 20.9. The first-order valence-electron chi connectivity index (χ1n) is 10.7. The largest absolute Gasteiger partial charge is 0.435 e. The lowest BCUT2D eigenvalue weighted by Crippen LogP contribution is -2.33. The Hall–Kier alpha value is -3.04. The molecular formula is C23H24FN5O2S. The second kappa shape index (κ2) is 8.48. The first kappa shape index (κ1) is 20.8. The lowest BCUT2D eigenvalue weighted by Gasteiger charge is -2.14. The number of aryl methyl sites for hydroxylation is 2. The second-order valence-corrected chi connectivity index (χ2v) is 9.11. The zero-order valence-corrected chi connectivity index (χ0v) is 18.8. The number of hydrogen-bond acceptors (Lipinski definition) is 6. The van der Waals surface area contributed by atoms with Gasteiger partial charge in [0.1, 0.15) is 11.2 Å². The van der Waals surface area contributed by atoms with Crippen LogP contribution in [0.3, 0.4) is 0 Å². The van der Waals surface area contributed by atoms with E-state index in [0.717, 1.165) is 30.9 Å². The molecule has 1 fully saturated rings. The van der Waals surface area contributed by atoms with Crippen molar-refractivity contribution >= 4 is 38.4 Å². The van der Waals surface area contributed by atoms with Crippen LogP contribution in [0.1, 0.15) is 33.8 Å². The van der Waals surface area contributed by atoms with E-state index in [2.05, 4.69) is 25.2 Å². The van der Waals surface area contributed by atoms with Crippen molar-refractivity contribution in [2.45, 2.75) is 26.7 Å². The molecule has 0 atom stereocenters. The van der Waals surface area contributed by atoms with Gasteiger partial charge in [0, 0.05) is 29.7 Å². The van der Waals surface area contributed by atoms with E-state index in [1.807, 2.05) is 13.8 Å². The minimum atomic E-state index is -0.452. The summed E-state index contributed by atoms with van der Waals surface area (Å²) in [7, 11) is 0. The lowest BCUT2D eigenvalue weighted by molar-refractivity contribution is 0.0953. The first-order valence-corrected chi connectivity index (χ1v) is 11.5. The number of aromatic nitrogens is 3. The summed E-state index contributed by atoms with van der Waals surface area (Å²) >= 11 is 1.29. The van der Waals surface area contributed by atoms with Gasteiger partial charge in [0.2, 0.25) is 5.88 Å². The number of aromatic amines is 1. The van der Waals surface area contributed by atoms with Gasteiger partial charge in [0.15, 0.2) is 11.6 Å². The molecule has 7 nitrogen and oxygen atoms in total. The van der Waals surface area contributed by atoms with Gasteiger partial charge in [-0.2, -0.15) is 0 Å². The van der Waals surface area contributed by atoms with Crippen molar-refractivity contribution in [2.75, 3.05) is 26.2 Å². The van der Waals surface area contributed by atoms with Gasteiger partial charge < -0.3 is 19.9 Å². The molecule has 2 N–H and O–H groups in total. The number of amides is 1. The third-order valence-corrected chi connectivity index (χ3v) is 7.05. The van der Waals surface area contributed by atoms with E-state index in [1.54, 1.807) is 18.2 Å². The molecule has 5 rings (SSSR count). The SMILES string of the molecule is Cc1cc2c(F)c(Oc3ncnc4sc(C(=O)NCCN5CCCC5)c(C)c34)ccc2[nH]1. The fourth-order valence-corrected chi connectivity index (χ4v) is 5.27. The van der Waals surface area contributed by atoms with Crippen molar-refractivity contribution in [3.8, 4) is 11.6 Å². The molecular weight excluding hydrogens is 429 g/mol. The molecule has 166 valence electrons. The van der Waals surface area contributed by atoms with Gasteiger partial charge >= 0.3 is 0 Å². The summed E-state index contributed by atoms with van der Waals surface area (Å²) in [6.45, 7) is 7.37. The fourth-order valence-electron chi connectivity index (χ4n) is 4.22. The molecule has 32 heavy (non-hydrogen) atoms. The Kier molecular flexibility index (Phi) is 5.52. The number of hydrogen-bond donors (Lipinski definition) is 2. The van der Waals surface area contributed by atoms with Crippen molar-refractivity contribution in [3.63, 3.8) is 0 Å². The van der Waals surface area contributed by atoms with E-state index < -0.39 is 5.82 Å². The molecule has 1 aromatic carbocycles. The number of H-pyrrole nitrogens is 1. The van der Waals surface area contributed by atoms with E-state index in [0.29, 0.717) is 32.5 Å². The third kappa shape index (κ3) is 3.82. The summed E-state index contributed by atoms with van der Waals surface area (Å²) in [5, 5.41) is 4.10. The molecule has 1 aliphatic rings. The molecule has 9 heteroatoms. The number of ether oxygens (including phenoxy) is 1. The number of benzene rings is 1. The number of carbonyl (C=O) groups is 1. The molecule has 3 aromatic heterocycles. The molecule has 0 spiro atoms. The first-order chi connectivity index (χ1) is 15.5. The van der Waals surface area contributed by atoms with Gasteiger partial charge in [0.05, 0.1) is 10.3 Å². The molecule has 1 saturated heterocycles. The second-order valence-electron chi connectivity index (χ2n) is 8.11. The average Bonchev–Trinajstić information content (AvgIpc) is 3.50. The minimum absolute atomic E-state index is 0.0821. The van der Waals surface area contributed by atoms with Crippen LogP contribution in [0.5, 0.6) is 11.6 Å². The number of carbonyl (C=O) groups excluding carboxylic acids is 1. The molecule has 0 bridgehead atoms. The summed E-state index contributed by atoms with van der Waals surface area (Å²) in [6, 6.07) is 5.10. The number of likely N-dealkylation sites (tertiary alicyclic amines) is 1. The van der Waals surface area contributed by atoms with Crippen LogP contribution in [0.15, 0.2) is 24.5 Å². The zero-order chi connectivity index (χ0) is 22.2. The van der Waals surface area contributed by atoms with Crippen LogP contribution in [-0.4, -0.2) is 51.9 Å². The third-order valence-electron chi connectivity index (χ3n) is 5.85. The number of fused-ring (bicyclic) bond motifs is 2. The maximum atomic E-state index is 15.0. The van der Waals surface area contributed by atoms with Gasteiger partial charge in [-0.05, 0) is 63.5 Å². The lowest BCUT2D eigenvalue weighted by atomic mass is 10.2. The maximum Gasteiger partial charge on any atom is 0.261 e. The standard InChI is InChI=1S/C23H24FN5O2S/c1-13-11-15-16(28-13)5-6-17(19(15)24)31-22-18-14(2)20(32-23(18)27-12-26-22)21(30)25-7-10-29-8-3-4-9-29/h5-6,11-12,28H,3-4,7-10H2,1-2H3,(H,25,30). The number of nitrogens with one attached hydrogen (secondary N) is 2. The molecule has 1 aliphatic heterocycles. The van der Waals surface area contributed by atoms with Crippen molar-refractivity contribution in [3.05, 3.63) is 46.5 Å². The van der Waals surface area contributed by atoms with Crippen molar-refractivity contribution in [1.29, 1.82) is 0 Å². The molecule has 0 radical (unpaired) electrons. The van der Waals surface area contributed by atoms with Crippen molar-refractivity contribution < 1.29 is 13.9 Å². The molecule has 4 heterocycles. The topological polar surface area (TPSA) is 83.1 Å². The van der Waals surface area contributed by atoms with Gasteiger partial charge in [-0.25, -0.2) is 14.4 Å². The highest BCUT2D eigenvalue weighted by molar-refractivity contribution is 7.20. The highest BCUT2D eigenvalue weighted by Crippen LogP contribution is 2.37. The van der Waals surface area contributed by atoms with E-state index in [-0.39, 0.29) is 17.5 Å². The van der Waals surface area contributed by atoms with Crippen LogP contribution in [0, 0.1) is 19.7 Å². The molecule has 0 saturated carbocycles. The van der Waals surface area contributed by atoms with E-state index >= 15 is 4.39 Å². The van der Waals surface area contributed by atoms with Crippen LogP contribution in [0.4, 0.5) is 4.39 Å². The van der Waals surface area contributed by atoms with Gasteiger partial charge in [-0.15, -0.1) is 11.3 Å². The van der Waals surface area contributed by atoms with Crippen LogP contribution in [0.25, 0.3) is 21.1 Å². The summed E-state index contributed by atoms with van der Waals surface area (Å²) in [6.07, 6.45) is 3.82. The summed E-state index contributed by atoms with van der Waals surface area (Å²) in [4.78, 5) is 28.0. The Labute approximate surface area is 188 Å². The normalized spacial score (nSPS) is 14.5. The smallest absolute Gasteiger partial charge is 0.261 e. The predicted octanol–water partition coefficient (Wildman–Crippen LogP) is 4.55. The fraction of sp³-hybridized carbons (Fsp3) is 0.348. The zero-order valence-electron chi connectivity index (χ0n) is 18.0. The van der Waals surface area contributed by atoms with E-state index in [1.165, 1.54) is 30.5 Å². The number of nitrogens with zero attached hydrogens (tertiary/aromatic N) is 3. The van der Waals surface area contributed by atoms with Crippen molar-refractivity contribution in [1.82, 2.24) is 25.2 Å². The predicted molar refractivity (Wildman–Crippen MR) is 123 cm³/mol. The Balaban J connectivity index is 1.40. The monoisotopic (exact) mass is 453 g/mol.